The fourth-order valence-corrected chi connectivity index (χ4v) is 2.94. The third-order valence-corrected chi connectivity index (χ3v) is 4.10. The first-order chi connectivity index (χ1) is 10.6. The summed E-state index contributed by atoms with van der Waals surface area (Å²) in [5, 5.41) is 0. The highest BCUT2D eigenvalue weighted by Crippen LogP contribution is 2.19. The predicted octanol–water partition coefficient (Wildman–Crippen LogP) is 4.27. The van der Waals surface area contributed by atoms with Gasteiger partial charge in [-0.2, -0.15) is 0 Å². The van der Waals surface area contributed by atoms with E-state index in [1.165, 1.54) is 11.1 Å². The van der Waals surface area contributed by atoms with Crippen LogP contribution in [0.2, 0.25) is 0 Å². The fourth-order valence-electron chi connectivity index (χ4n) is 2.64. The summed E-state index contributed by atoms with van der Waals surface area (Å²) in [7, 11) is 0. The largest absolute Gasteiger partial charge is 0.331 e. The molecule has 3 nitrogen and oxygen atoms in total. The number of hydrogen-bond donors (Lipinski definition) is 1. The van der Waals surface area contributed by atoms with E-state index in [0.29, 0.717) is 17.7 Å². The molecule has 0 aliphatic carbocycles. The molecule has 1 heterocycles. The van der Waals surface area contributed by atoms with Crippen molar-refractivity contribution < 1.29 is 4.79 Å². The maximum absolute atomic E-state index is 11.2. The van der Waals surface area contributed by atoms with Crippen LogP contribution in [0.1, 0.15) is 24.5 Å². The first kappa shape index (κ1) is 14.7. The quantitative estimate of drug-likeness (QED) is 0.715. The number of benzene rings is 2. The molecule has 0 atom stereocenters. The minimum atomic E-state index is 0.178. The monoisotopic (exact) mass is 310 g/mol. The highest BCUT2D eigenvalue weighted by atomic mass is 32.1. The van der Waals surface area contributed by atoms with Gasteiger partial charge in [0.1, 0.15) is 5.78 Å². The summed E-state index contributed by atoms with van der Waals surface area (Å²) in [6, 6.07) is 16.7. The zero-order chi connectivity index (χ0) is 15.5. The number of nitrogens with one attached hydrogen (secondary N) is 1. The van der Waals surface area contributed by atoms with E-state index in [0.717, 1.165) is 17.5 Å². The number of aromatic amines is 1. The average Bonchev–Trinajstić information content (AvgIpc) is 2.81. The van der Waals surface area contributed by atoms with Crippen LogP contribution in [0.15, 0.2) is 48.5 Å². The van der Waals surface area contributed by atoms with Gasteiger partial charge in [0.15, 0.2) is 4.77 Å². The number of aromatic nitrogens is 2. The predicted molar refractivity (Wildman–Crippen MR) is 91.7 cm³/mol. The third-order valence-electron chi connectivity index (χ3n) is 3.78. The molecule has 3 rings (SSSR count). The Bertz CT molecular complexity index is 862. The zero-order valence-electron chi connectivity index (χ0n) is 12.5. The Morgan fingerprint density at radius 3 is 2.64 bits per heavy atom. The second-order valence-electron chi connectivity index (χ2n) is 5.55. The van der Waals surface area contributed by atoms with Crippen molar-refractivity contribution in [1.29, 1.82) is 0 Å². The Morgan fingerprint density at radius 2 is 1.91 bits per heavy atom. The molecule has 2 aromatic carbocycles. The molecule has 4 heteroatoms. The summed E-state index contributed by atoms with van der Waals surface area (Å²) < 4.78 is 2.67. The maximum Gasteiger partial charge on any atom is 0.178 e. The van der Waals surface area contributed by atoms with Crippen LogP contribution in [-0.2, 0) is 17.8 Å². The number of imidazole rings is 1. The molecular formula is C18H18N2OS. The number of carbonyl (C=O) groups excluding carboxylic acids is 1. The smallest absolute Gasteiger partial charge is 0.178 e. The Balaban J connectivity index is 1.91. The lowest BCUT2D eigenvalue weighted by molar-refractivity contribution is -0.117. The lowest BCUT2D eigenvalue weighted by Gasteiger charge is -2.05. The number of nitrogens with zero attached hydrogens (tertiary/aromatic N) is 1. The number of H-pyrrole nitrogens is 1. The highest BCUT2D eigenvalue weighted by molar-refractivity contribution is 7.71. The van der Waals surface area contributed by atoms with Crippen LogP contribution < -0.4 is 0 Å². The molecule has 1 aromatic heterocycles. The van der Waals surface area contributed by atoms with Crippen LogP contribution in [0.3, 0.4) is 0 Å². The van der Waals surface area contributed by atoms with Gasteiger partial charge in [-0.1, -0.05) is 36.4 Å². The molecule has 112 valence electrons. The van der Waals surface area contributed by atoms with E-state index in [2.05, 4.69) is 47.4 Å². The van der Waals surface area contributed by atoms with Crippen molar-refractivity contribution in [3.8, 4) is 0 Å². The van der Waals surface area contributed by atoms with Crippen molar-refractivity contribution >= 4 is 29.0 Å². The first-order valence-electron chi connectivity index (χ1n) is 7.38. The van der Waals surface area contributed by atoms with E-state index in [1.54, 1.807) is 6.92 Å². The Labute approximate surface area is 134 Å². The lowest BCUT2D eigenvalue weighted by atomic mass is 10.0. The minimum absolute atomic E-state index is 0.178. The molecule has 0 amide bonds. The molecular weight excluding hydrogens is 292 g/mol. The molecule has 0 saturated carbocycles. The van der Waals surface area contributed by atoms with E-state index in [1.807, 2.05) is 10.6 Å². The Kier molecular flexibility index (Phi) is 4.20. The van der Waals surface area contributed by atoms with E-state index >= 15 is 0 Å². The number of ketones is 1. The van der Waals surface area contributed by atoms with Gasteiger partial charge in [-0.15, -0.1) is 0 Å². The number of hydrogen-bond acceptors (Lipinski definition) is 2. The molecule has 0 aliphatic heterocycles. The molecule has 0 fully saturated rings. The fraction of sp³-hybridized carbons (Fsp3) is 0.222. The van der Waals surface area contributed by atoms with Gasteiger partial charge in [-0.05, 0) is 48.8 Å². The van der Waals surface area contributed by atoms with Gasteiger partial charge in [-0.25, -0.2) is 0 Å². The number of Topliss-reactive ketones (excluding diaryl/α,β-unsaturated/α-hetero) is 1. The zero-order valence-corrected chi connectivity index (χ0v) is 13.3. The molecule has 0 bridgehead atoms. The van der Waals surface area contributed by atoms with Crippen LogP contribution in [-0.4, -0.2) is 15.3 Å². The van der Waals surface area contributed by atoms with Gasteiger partial charge in [-0.3, -0.25) is 4.79 Å². The molecule has 0 spiro atoms. The van der Waals surface area contributed by atoms with E-state index in [4.69, 9.17) is 12.2 Å². The van der Waals surface area contributed by atoms with Crippen molar-refractivity contribution in [2.45, 2.75) is 26.3 Å². The van der Waals surface area contributed by atoms with Crippen LogP contribution in [0, 0.1) is 4.77 Å². The summed E-state index contributed by atoms with van der Waals surface area (Å²) in [5.74, 6) is 0.178. The summed E-state index contributed by atoms with van der Waals surface area (Å²) in [6.45, 7) is 2.24. The summed E-state index contributed by atoms with van der Waals surface area (Å²) in [5.41, 5.74) is 4.62. The van der Waals surface area contributed by atoms with Gasteiger partial charge >= 0.3 is 0 Å². The number of carbonyl (C=O) groups is 1. The third kappa shape index (κ3) is 3.17. The van der Waals surface area contributed by atoms with Gasteiger partial charge in [0, 0.05) is 13.0 Å². The normalized spacial score (nSPS) is 11.0. The van der Waals surface area contributed by atoms with Crippen LogP contribution in [0.4, 0.5) is 0 Å². The summed E-state index contributed by atoms with van der Waals surface area (Å²) >= 11 is 5.37. The standard InChI is InChI=1S/C18H18N2OS/c1-13(21)9-10-20-17-8-7-15(12-16(17)19-18(20)22)11-14-5-3-2-4-6-14/h2-8,12H,9-11H2,1H3,(H,19,22). The first-order valence-corrected chi connectivity index (χ1v) is 7.79. The number of fused-ring (bicyclic) bond motifs is 1. The Hall–Kier alpha value is -2.20. The SMILES string of the molecule is CC(=O)CCn1c(=S)[nH]c2cc(Cc3ccccc3)ccc21. The highest BCUT2D eigenvalue weighted by Gasteiger charge is 2.06. The molecule has 0 aliphatic rings. The van der Waals surface area contributed by atoms with Crippen molar-refractivity contribution in [3.63, 3.8) is 0 Å². The molecule has 22 heavy (non-hydrogen) atoms. The molecule has 0 unspecified atom stereocenters. The molecule has 0 radical (unpaired) electrons. The minimum Gasteiger partial charge on any atom is -0.331 e. The van der Waals surface area contributed by atoms with Gasteiger partial charge < -0.3 is 9.55 Å². The number of aryl methyl sites for hydroxylation is 1. The molecule has 3 aromatic rings. The van der Waals surface area contributed by atoms with Crippen molar-refractivity contribution in [1.82, 2.24) is 9.55 Å². The second kappa shape index (κ2) is 6.28. The molecule has 1 N–H and O–H groups in total. The van der Waals surface area contributed by atoms with E-state index < -0.39 is 0 Å². The van der Waals surface area contributed by atoms with Crippen molar-refractivity contribution in [2.24, 2.45) is 0 Å². The van der Waals surface area contributed by atoms with Crippen LogP contribution in [0.25, 0.3) is 11.0 Å². The van der Waals surface area contributed by atoms with Gasteiger partial charge in [0.2, 0.25) is 0 Å². The topological polar surface area (TPSA) is 37.8 Å². The summed E-state index contributed by atoms with van der Waals surface area (Å²) in [6.07, 6.45) is 1.41. The Morgan fingerprint density at radius 1 is 1.14 bits per heavy atom. The maximum atomic E-state index is 11.2. The molecule has 0 saturated heterocycles. The van der Waals surface area contributed by atoms with Gasteiger partial charge in [0.05, 0.1) is 11.0 Å². The number of rotatable bonds is 5. The van der Waals surface area contributed by atoms with E-state index in [-0.39, 0.29) is 5.78 Å². The lowest BCUT2D eigenvalue weighted by Crippen LogP contribution is -2.02. The summed E-state index contributed by atoms with van der Waals surface area (Å²) in [4.78, 5) is 14.4. The van der Waals surface area contributed by atoms with Gasteiger partial charge in [0.25, 0.3) is 0 Å². The second-order valence-corrected chi connectivity index (χ2v) is 5.93. The average molecular weight is 310 g/mol. The van der Waals surface area contributed by atoms with E-state index in [9.17, 15) is 4.79 Å². The van der Waals surface area contributed by atoms with Crippen LogP contribution >= 0.6 is 12.2 Å². The van der Waals surface area contributed by atoms with Crippen molar-refractivity contribution in [3.05, 3.63) is 64.4 Å². The van der Waals surface area contributed by atoms with Crippen LogP contribution in [0.5, 0.6) is 0 Å². The van der Waals surface area contributed by atoms with Crippen molar-refractivity contribution in [2.75, 3.05) is 0 Å².